The van der Waals surface area contributed by atoms with Gasteiger partial charge in [-0.25, -0.2) is 4.79 Å². The van der Waals surface area contributed by atoms with Gasteiger partial charge in [0.2, 0.25) is 0 Å². The minimum absolute atomic E-state index is 0.263. The second kappa shape index (κ2) is 9.40. The van der Waals surface area contributed by atoms with E-state index in [2.05, 4.69) is 25.7 Å². The summed E-state index contributed by atoms with van der Waals surface area (Å²) in [6.07, 6.45) is 2.15. The normalized spacial score (nSPS) is 12.4. The molecule has 4 nitrogen and oxygen atoms in total. The summed E-state index contributed by atoms with van der Waals surface area (Å²) in [4.78, 5) is 13.3. The minimum Gasteiger partial charge on any atom is -0.494 e. The van der Waals surface area contributed by atoms with Gasteiger partial charge >= 0.3 is 5.97 Å². The fourth-order valence-corrected chi connectivity index (χ4v) is 2.15. The number of ether oxygens (including phenoxy) is 1. The van der Waals surface area contributed by atoms with Gasteiger partial charge in [-0.3, -0.25) is 0 Å². The second-order valence-corrected chi connectivity index (χ2v) is 5.44. The summed E-state index contributed by atoms with van der Waals surface area (Å²) in [5.41, 5.74) is 0.263. The average Bonchev–Trinajstić information content (AvgIpc) is 2.50. The van der Waals surface area contributed by atoms with Crippen molar-refractivity contribution >= 4 is 5.97 Å². The molecule has 1 unspecified atom stereocenters. The summed E-state index contributed by atoms with van der Waals surface area (Å²) in [6.45, 7) is 10.5. The fraction of sp³-hybridized carbons (Fsp3) is 0.588. The van der Waals surface area contributed by atoms with E-state index in [0.717, 1.165) is 32.0 Å². The Morgan fingerprint density at radius 2 is 2.14 bits per heavy atom. The van der Waals surface area contributed by atoms with E-state index >= 15 is 0 Å². The van der Waals surface area contributed by atoms with Crippen LogP contribution in [-0.4, -0.2) is 42.2 Å². The van der Waals surface area contributed by atoms with Crippen molar-refractivity contribution in [1.29, 1.82) is 0 Å². The molecule has 0 aliphatic carbocycles. The van der Waals surface area contributed by atoms with Crippen molar-refractivity contribution in [2.24, 2.45) is 5.92 Å². The first-order chi connectivity index (χ1) is 10.1. The van der Waals surface area contributed by atoms with Gasteiger partial charge in [-0.05, 0) is 37.1 Å². The van der Waals surface area contributed by atoms with E-state index in [0.29, 0.717) is 12.4 Å². The van der Waals surface area contributed by atoms with Crippen LogP contribution in [0.4, 0.5) is 0 Å². The van der Waals surface area contributed by atoms with E-state index < -0.39 is 5.97 Å². The Balaban J connectivity index is 2.33. The van der Waals surface area contributed by atoms with Crippen LogP contribution < -0.4 is 4.74 Å². The Morgan fingerprint density at radius 1 is 1.38 bits per heavy atom. The van der Waals surface area contributed by atoms with E-state index in [1.165, 1.54) is 6.42 Å². The lowest BCUT2D eigenvalue weighted by Crippen LogP contribution is -2.30. The predicted molar refractivity (Wildman–Crippen MR) is 85.1 cm³/mol. The molecular weight excluding hydrogens is 266 g/mol. The van der Waals surface area contributed by atoms with Crippen LogP contribution in [0, 0.1) is 5.92 Å². The molecule has 0 saturated heterocycles. The maximum Gasteiger partial charge on any atom is 0.335 e. The summed E-state index contributed by atoms with van der Waals surface area (Å²) < 4.78 is 5.63. The van der Waals surface area contributed by atoms with Crippen LogP contribution in [-0.2, 0) is 0 Å². The summed E-state index contributed by atoms with van der Waals surface area (Å²) in [7, 11) is 0. The van der Waals surface area contributed by atoms with Crippen molar-refractivity contribution in [2.45, 2.75) is 33.6 Å². The van der Waals surface area contributed by atoms with Crippen LogP contribution >= 0.6 is 0 Å². The lowest BCUT2D eigenvalue weighted by Gasteiger charge is -2.23. The van der Waals surface area contributed by atoms with Gasteiger partial charge in [-0.2, -0.15) is 0 Å². The number of rotatable bonds is 10. The van der Waals surface area contributed by atoms with Gasteiger partial charge in [-0.1, -0.05) is 33.3 Å². The molecule has 1 N–H and O–H groups in total. The molecule has 0 radical (unpaired) electrons. The Kier molecular flexibility index (Phi) is 7.83. The van der Waals surface area contributed by atoms with Crippen molar-refractivity contribution in [2.75, 3.05) is 26.2 Å². The zero-order valence-electron chi connectivity index (χ0n) is 13.3. The van der Waals surface area contributed by atoms with Crippen LogP contribution in [0.5, 0.6) is 5.75 Å². The zero-order valence-corrected chi connectivity index (χ0v) is 13.3. The molecule has 1 aromatic carbocycles. The van der Waals surface area contributed by atoms with Crippen LogP contribution in [0.3, 0.4) is 0 Å². The number of benzene rings is 1. The molecule has 0 heterocycles. The second-order valence-electron chi connectivity index (χ2n) is 5.44. The molecule has 1 rings (SSSR count). The Morgan fingerprint density at radius 3 is 2.76 bits per heavy atom. The largest absolute Gasteiger partial charge is 0.494 e. The molecule has 0 saturated carbocycles. The molecule has 0 aliphatic rings. The van der Waals surface area contributed by atoms with Crippen LogP contribution in [0.15, 0.2) is 24.3 Å². The van der Waals surface area contributed by atoms with Crippen LogP contribution in [0.1, 0.15) is 44.0 Å². The highest BCUT2D eigenvalue weighted by atomic mass is 16.5. The molecular formula is C17H27NO3. The Labute approximate surface area is 127 Å². The van der Waals surface area contributed by atoms with E-state index in [1.807, 2.05) is 0 Å². The first-order valence-corrected chi connectivity index (χ1v) is 7.75. The first kappa shape index (κ1) is 17.5. The molecule has 118 valence electrons. The molecule has 0 aromatic heterocycles. The van der Waals surface area contributed by atoms with Gasteiger partial charge < -0.3 is 14.7 Å². The van der Waals surface area contributed by atoms with Gasteiger partial charge in [0.15, 0.2) is 0 Å². The highest BCUT2D eigenvalue weighted by Gasteiger charge is 2.07. The van der Waals surface area contributed by atoms with Gasteiger partial charge in [0.1, 0.15) is 5.75 Å². The van der Waals surface area contributed by atoms with Crippen molar-refractivity contribution in [3.8, 4) is 5.75 Å². The molecule has 1 aromatic rings. The molecule has 0 amide bonds. The fourth-order valence-electron chi connectivity index (χ4n) is 2.15. The summed E-state index contributed by atoms with van der Waals surface area (Å²) in [6, 6.07) is 6.64. The number of carbonyl (C=O) groups is 1. The predicted octanol–water partition coefficient (Wildman–Crippen LogP) is 3.52. The topological polar surface area (TPSA) is 49.8 Å². The van der Waals surface area contributed by atoms with Gasteiger partial charge in [0, 0.05) is 13.1 Å². The maximum atomic E-state index is 10.9. The third-order valence-electron chi connectivity index (χ3n) is 3.68. The molecule has 0 aliphatic heterocycles. The number of aromatic carboxylic acids is 1. The van der Waals surface area contributed by atoms with Crippen molar-refractivity contribution in [3.63, 3.8) is 0 Å². The van der Waals surface area contributed by atoms with E-state index in [-0.39, 0.29) is 5.56 Å². The third-order valence-corrected chi connectivity index (χ3v) is 3.68. The molecule has 0 fully saturated rings. The van der Waals surface area contributed by atoms with Crippen LogP contribution in [0.25, 0.3) is 0 Å². The smallest absolute Gasteiger partial charge is 0.335 e. The molecule has 1 atom stereocenters. The first-order valence-electron chi connectivity index (χ1n) is 7.75. The van der Waals surface area contributed by atoms with Crippen molar-refractivity contribution in [3.05, 3.63) is 29.8 Å². The minimum atomic E-state index is -0.925. The summed E-state index contributed by atoms with van der Waals surface area (Å²) in [5.74, 6) is 0.421. The maximum absolute atomic E-state index is 10.9. The number of hydrogen-bond donors (Lipinski definition) is 1. The standard InChI is InChI=1S/C17H27NO3/c1-4-14(3)13-18(5-2)10-7-11-21-16-9-6-8-15(12-16)17(19)20/h6,8-9,12,14H,4-5,7,10-11,13H2,1-3H3,(H,19,20). The highest BCUT2D eigenvalue weighted by molar-refractivity contribution is 5.87. The SMILES string of the molecule is CCC(C)CN(CC)CCCOc1cccc(C(=O)O)c1. The van der Waals surface area contributed by atoms with Crippen LogP contribution in [0.2, 0.25) is 0 Å². The lowest BCUT2D eigenvalue weighted by atomic mass is 10.1. The zero-order chi connectivity index (χ0) is 15.7. The Bertz CT molecular complexity index is 434. The number of carboxylic acids is 1. The summed E-state index contributed by atoms with van der Waals surface area (Å²) >= 11 is 0. The monoisotopic (exact) mass is 293 g/mol. The van der Waals surface area contributed by atoms with E-state index in [1.54, 1.807) is 24.3 Å². The van der Waals surface area contributed by atoms with E-state index in [4.69, 9.17) is 9.84 Å². The van der Waals surface area contributed by atoms with Gasteiger partial charge in [-0.15, -0.1) is 0 Å². The van der Waals surface area contributed by atoms with Gasteiger partial charge in [0.05, 0.1) is 12.2 Å². The van der Waals surface area contributed by atoms with Crippen molar-refractivity contribution in [1.82, 2.24) is 4.90 Å². The van der Waals surface area contributed by atoms with E-state index in [9.17, 15) is 4.79 Å². The highest BCUT2D eigenvalue weighted by Crippen LogP contribution is 2.13. The molecule has 0 spiro atoms. The molecule has 0 bridgehead atoms. The number of carboxylic acid groups (broad SMARTS) is 1. The Hall–Kier alpha value is -1.55. The van der Waals surface area contributed by atoms with Crippen molar-refractivity contribution < 1.29 is 14.6 Å². The third kappa shape index (κ3) is 6.63. The number of nitrogens with zero attached hydrogens (tertiary/aromatic N) is 1. The number of hydrogen-bond acceptors (Lipinski definition) is 3. The quantitative estimate of drug-likeness (QED) is 0.671. The summed E-state index contributed by atoms with van der Waals surface area (Å²) in [5, 5.41) is 8.93. The molecule has 4 heteroatoms. The van der Waals surface area contributed by atoms with Gasteiger partial charge in [0.25, 0.3) is 0 Å². The average molecular weight is 293 g/mol. The molecule has 21 heavy (non-hydrogen) atoms. The lowest BCUT2D eigenvalue weighted by molar-refractivity contribution is 0.0696.